The Kier molecular flexibility index (Phi) is 3.53. The van der Waals surface area contributed by atoms with Crippen LogP contribution < -0.4 is 9.62 Å². The van der Waals surface area contributed by atoms with E-state index in [0.29, 0.717) is 19.0 Å². The maximum Gasteiger partial charge on any atom is 0.240 e. The summed E-state index contributed by atoms with van der Waals surface area (Å²) in [6.07, 6.45) is 1.74. The fraction of sp³-hybridized carbons (Fsp3) is 0.533. The lowest BCUT2D eigenvalue weighted by atomic mass is 10.2. The Bertz CT molecular complexity index is 684. The van der Waals surface area contributed by atoms with Gasteiger partial charge in [-0.05, 0) is 36.5 Å². The second-order valence-corrected chi connectivity index (χ2v) is 7.62. The van der Waals surface area contributed by atoms with Crippen LogP contribution in [0.25, 0.3) is 0 Å². The molecule has 1 aliphatic heterocycles. The van der Waals surface area contributed by atoms with E-state index in [1.165, 1.54) is 0 Å². The van der Waals surface area contributed by atoms with E-state index in [9.17, 15) is 13.2 Å². The molecule has 1 N–H and O–H groups in total. The summed E-state index contributed by atoms with van der Waals surface area (Å²) < 4.78 is 26.7. The molecule has 1 amide bonds. The zero-order chi connectivity index (χ0) is 15.2. The monoisotopic (exact) mass is 308 g/mol. The van der Waals surface area contributed by atoms with Crippen molar-refractivity contribution < 1.29 is 13.2 Å². The molecule has 1 aromatic carbocycles. The Balaban J connectivity index is 1.92. The third-order valence-corrected chi connectivity index (χ3v) is 5.83. The molecule has 1 fully saturated rings. The fourth-order valence-corrected chi connectivity index (χ4v) is 3.96. The molecule has 1 heterocycles. The third-order valence-electron chi connectivity index (χ3n) is 4.29. The van der Waals surface area contributed by atoms with E-state index >= 15 is 0 Å². The number of anilines is 1. The molecular formula is C15H20N2O3S. The fourth-order valence-electron chi connectivity index (χ4n) is 2.89. The molecular weight excluding hydrogens is 288 g/mol. The highest BCUT2D eigenvalue weighted by molar-refractivity contribution is 7.89. The van der Waals surface area contributed by atoms with E-state index in [1.54, 1.807) is 24.0 Å². The van der Waals surface area contributed by atoms with Gasteiger partial charge in [-0.25, -0.2) is 13.1 Å². The SMILES string of the molecule is CCNS(=O)(=O)c1ccc2c(c1)N(C(=O)[C@@H]1C[C@H]1C)CC2. The number of nitrogens with one attached hydrogen (secondary N) is 1. The molecule has 1 aliphatic carbocycles. The van der Waals surface area contributed by atoms with E-state index in [2.05, 4.69) is 11.6 Å². The van der Waals surface area contributed by atoms with Gasteiger partial charge in [0, 0.05) is 24.7 Å². The van der Waals surface area contributed by atoms with E-state index in [0.717, 1.165) is 24.1 Å². The topological polar surface area (TPSA) is 66.5 Å². The molecule has 0 unspecified atom stereocenters. The van der Waals surface area contributed by atoms with Gasteiger partial charge in [0.15, 0.2) is 0 Å². The second-order valence-electron chi connectivity index (χ2n) is 5.85. The molecule has 1 saturated carbocycles. The van der Waals surface area contributed by atoms with Gasteiger partial charge in [-0.2, -0.15) is 0 Å². The van der Waals surface area contributed by atoms with Crippen molar-refractivity contribution in [2.45, 2.75) is 31.6 Å². The first-order chi connectivity index (χ1) is 9.94. The number of amides is 1. The molecule has 21 heavy (non-hydrogen) atoms. The molecule has 0 aromatic heterocycles. The van der Waals surface area contributed by atoms with Crippen molar-refractivity contribution in [2.24, 2.45) is 11.8 Å². The molecule has 0 bridgehead atoms. The summed E-state index contributed by atoms with van der Waals surface area (Å²) >= 11 is 0. The van der Waals surface area contributed by atoms with Crippen molar-refractivity contribution >= 4 is 21.6 Å². The lowest BCUT2D eigenvalue weighted by Gasteiger charge is -2.18. The number of benzene rings is 1. The molecule has 2 atom stereocenters. The zero-order valence-corrected chi connectivity index (χ0v) is 13.1. The van der Waals surface area contributed by atoms with Gasteiger partial charge in [0.05, 0.1) is 4.90 Å². The van der Waals surface area contributed by atoms with Gasteiger partial charge in [-0.15, -0.1) is 0 Å². The Hall–Kier alpha value is -1.40. The van der Waals surface area contributed by atoms with Crippen LogP contribution in [0.4, 0.5) is 5.69 Å². The zero-order valence-electron chi connectivity index (χ0n) is 12.3. The first kappa shape index (κ1) is 14.5. The average Bonchev–Trinajstić information content (AvgIpc) is 3.01. The van der Waals surface area contributed by atoms with Gasteiger partial charge >= 0.3 is 0 Å². The number of hydrogen-bond donors (Lipinski definition) is 1. The van der Waals surface area contributed by atoms with Crippen LogP contribution in [0, 0.1) is 11.8 Å². The number of rotatable bonds is 4. The number of nitrogens with zero attached hydrogens (tertiary/aromatic N) is 1. The Labute approximate surface area is 125 Å². The average molecular weight is 308 g/mol. The van der Waals surface area contributed by atoms with E-state index in [4.69, 9.17) is 0 Å². The van der Waals surface area contributed by atoms with E-state index in [1.807, 2.05) is 6.07 Å². The molecule has 5 nitrogen and oxygen atoms in total. The molecule has 0 spiro atoms. The summed E-state index contributed by atoms with van der Waals surface area (Å²) in [5, 5.41) is 0. The maximum atomic E-state index is 12.4. The lowest BCUT2D eigenvalue weighted by Crippen LogP contribution is -2.31. The van der Waals surface area contributed by atoms with Gasteiger partial charge in [0.2, 0.25) is 15.9 Å². The van der Waals surface area contributed by atoms with Crippen LogP contribution in [0.5, 0.6) is 0 Å². The van der Waals surface area contributed by atoms with Crippen molar-refractivity contribution in [3.05, 3.63) is 23.8 Å². The quantitative estimate of drug-likeness (QED) is 0.917. The highest BCUT2D eigenvalue weighted by Crippen LogP contribution is 2.42. The van der Waals surface area contributed by atoms with Gasteiger partial charge in [-0.1, -0.05) is 19.9 Å². The summed E-state index contributed by atoms with van der Waals surface area (Å²) in [5.74, 6) is 0.708. The Morgan fingerprint density at radius 3 is 2.76 bits per heavy atom. The summed E-state index contributed by atoms with van der Waals surface area (Å²) in [7, 11) is -3.48. The van der Waals surface area contributed by atoms with Crippen molar-refractivity contribution in [3.63, 3.8) is 0 Å². The minimum atomic E-state index is -3.48. The van der Waals surface area contributed by atoms with Crippen LogP contribution in [-0.2, 0) is 21.2 Å². The first-order valence-corrected chi connectivity index (χ1v) is 8.86. The number of carbonyl (C=O) groups excluding carboxylic acids is 1. The number of sulfonamides is 1. The highest BCUT2D eigenvalue weighted by atomic mass is 32.2. The second kappa shape index (κ2) is 5.10. The molecule has 3 rings (SSSR count). The summed E-state index contributed by atoms with van der Waals surface area (Å²) in [6, 6.07) is 5.07. The van der Waals surface area contributed by atoms with Gasteiger partial charge in [0.1, 0.15) is 0 Å². The minimum absolute atomic E-state index is 0.116. The predicted octanol–water partition coefficient (Wildman–Crippen LogP) is 1.53. The van der Waals surface area contributed by atoms with Crippen molar-refractivity contribution in [3.8, 4) is 0 Å². The van der Waals surface area contributed by atoms with Gasteiger partial charge in [0.25, 0.3) is 0 Å². The molecule has 2 aliphatic rings. The van der Waals surface area contributed by atoms with Crippen molar-refractivity contribution in [1.82, 2.24) is 4.72 Å². The van der Waals surface area contributed by atoms with Crippen LogP contribution in [0.3, 0.4) is 0 Å². The standard InChI is InChI=1S/C15H20N2O3S/c1-3-16-21(19,20)12-5-4-11-6-7-17(14(11)9-12)15(18)13-8-10(13)2/h4-5,9-10,13,16H,3,6-8H2,1-2H3/t10-,13-/m1/s1. The summed E-state index contributed by atoms with van der Waals surface area (Å²) in [4.78, 5) is 14.4. The van der Waals surface area contributed by atoms with E-state index < -0.39 is 10.0 Å². The van der Waals surface area contributed by atoms with Crippen LogP contribution in [0.2, 0.25) is 0 Å². The molecule has 0 radical (unpaired) electrons. The number of fused-ring (bicyclic) bond motifs is 1. The van der Waals surface area contributed by atoms with E-state index in [-0.39, 0.29) is 16.7 Å². The molecule has 6 heteroatoms. The highest BCUT2D eigenvalue weighted by Gasteiger charge is 2.43. The smallest absolute Gasteiger partial charge is 0.240 e. The predicted molar refractivity (Wildman–Crippen MR) is 80.6 cm³/mol. The molecule has 0 saturated heterocycles. The van der Waals surface area contributed by atoms with Gasteiger partial charge in [-0.3, -0.25) is 4.79 Å². The molecule has 114 valence electrons. The lowest BCUT2D eigenvalue weighted by molar-refractivity contribution is -0.119. The summed E-state index contributed by atoms with van der Waals surface area (Å²) in [6.45, 7) is 4.82. The number of hydrogen-bond acceptors (Lipinski definition) is 3. The van der Waals surface area contributed by atoms with Crippen LogP contribution in [-0.4, -0.2) is 27.4 Å². The largest absolute Gasteiger partial charge is 0.312 e. The first-order valence-electron chi connectivity index (χ1n) is 7.38. The van der Waals surface area contributed by atoms with Crippen LogP contribution >= 0.6 is 0 Å². The summed E-state index contributed by atoms with van der Waals surface area (Å²) in [5.41, 5.74) is 1.81. The third kappa shape index (κ3) is 2.58. The van der Waals surface area contributed by atoms with Crippen molar-refractivity contribution in [1.29, 1.82) is 0 Å². The Morgan fingerprint density at radius 2 is 2.14 bits per heavy atom. The Morgan fingerprint density at radius 1 is 1.43 bits per heavy atom. The molecule has 1 aromatic rings. The maximum absolute atomic E-state index is 12.4. The van der Waals surface area contributed by atoms with Crippen LogP contribution in [0.15, 0.2) is 23.1 Å². The minimum Gasteiger partial charge on any atom is -0.312 e. The van der Waals surface area contributed by atoms with Crippen LogP contribution in [0.1, 0.15) is 25.8 Å². The number of carbonyl (C=O) groups is 1. The normalized spacial score (nSPS) is 24.0. The van der Waals surface area contributed by atoms with Crippen molar-refractivity contribution in [2.75, 3.05) is 18.0 Å². The van der Waals surface area contributed by atoms with Gasteiger partial charge < -0.3 is 4.90 Å².